The smallest absolute Gasteiger partial charge is 0.231 e. The SMILES string of the molecule is CC(=O)N(CCC(=O)Nc1cccc(Cl)c1C)Cc1ccc2c(c1)OCO2. The number of nitrogens with one attached hydrogen (secondary N) is 1. The summed E-state index contributed by atoms with van der Waals surface area (Å²) in [5.74, 6) is 1.10. The predicted octanol–water partition coefficient (Wildman–Crippen LogP) is 3.75. The fraction of sp³-hybridized carbons (Fsp3) is 0.300. The molecule has 0 saturated heterocycles. The van der Waals surface area contributed by atoms with E-state index in [1.807, 2.05) is 25.1 Å². The Labute approximate surface area is 163 Å². The number of nitrogens with zero attached hydrogens (tertiary/aromatic N) is 1. The summed E-state index contributed by atoms with van der Waals surface area (Å²) in [6.07, 6.45) is 0.191. The predicted molar refractivity (Wildman–Crippen MR) is 103 cm³/mol. The van der Waals surface area contributed by atoms with Crippen LogP contribution >= 0.6 is 11.6 Å². The quantitative estimate of drug-likeness (QED) is 0.818. The van der Waals surface area contributed by atoms with Gasteiger partial charge in [0.25, 0.3) is 0 Å². The molecule has 0 atom stereocenters. The molecule has 3 rings (SSSR count). The van der Waals surface area contributed by atoms with E-state index in [1.54, 1.807) is 23.1 Å². The number of halogens is 1. The molecule has 0 unspecified atom stereocenters. The minimum Gasteiger partial charge on any atom is -0.454 e. The molecular weight excluding hydrogens is 368 g/mol. The van der Waals surface area contributed by atoms with E-state index in [0.717, 1.165) is 11.1 Å². The van der Waals surface area contributed by atoms with Crippen molar-refractivity contribution in [1.29, 1.82) is 0 Å². The summed E-state index contributed by atoms with van der Waals surface area (Å²) in [6.45, 7) is 4.26. The summed E-state index contributed by atoms with van der Waals surface area (Å²) < 4.78 is 10.7. The van der Waals surface area contributed by atoms with Crippen LogP contribution in [0.2, 0.25) is 5.02 Å². The second kappa shape index (κ2) is 8.31. The molecular formula is C20H21ClN2O4. The first-order valence-corrected chi connectivity index (χ1v) is 9.01. The first-order valence-electron chi connectivity index (χ1n) is 8.63. The van der Waals surface area contributed by atoms with Gasteiger partial charge in [-0.1, -0.05) is 23.7 Å². The van der Waals surface area contributed by atoms with Crippen molar-refractivity contribution in [2.45, 2.75) is 26.8 Å². The van der Waals surface area contributed by atoms with Crippen LogP contribution in [0.15, 0.2) is 36.4 Å². The van der Waals surface area contributed by atoms with Crippen LogP contribution < -0.4 is 14.8 Å². The monoisotopic (exact) mass is 388 g/mol. The van der Waals surface area contributed by atoms with E-state index >= 15 is 0 Å². The lowest BCUT2D eigenvalue weighted by Crippen LogP contribution is -2.31. The molecule has 2 aromatic rings. The highest BCUT2D eigenvalue weighted by Gasteiger charge is 2.17. The maximum Gasteiger partial charge on any atom is 0.231 e. The standard InChI is InChI=1S/C20H21ClN2O4/c1-13-16(21)4-3-5-17(13)22-20(25)8-9-23(14(2)24)11-15-6-7-18-19(10-15)27-12-26-18/h3-7,10H,8-9,11-12H2,1-2H3,(H,22,25). The van der Waals surface area contributed by atoms with Crippen molar-refractivity contribution >= 4 is 29.1 Å². The van der Waals surface area contributed by atoms with Gasteiger partial charge in [-0.05, 0) is 42.3 Å². The van der Waals surface area contributed by atoms with Crippen molar-refractivity contribution in [2.75, 3.05) is 18.7 Å². The van der Waals surface area contributed by atoms with Gasteiger partial charge in [-0.15, -0.1) is 0 Å². The molecule has 1 aliphatic heterocycles. The molecule has 0 radical (unpaired) electrons. The van der Waals surface area contributed by atoms with E-state index in [0.29, 0.717) is 35.3 Å². The van der Waals surface area contributed by atoms with Gasteiger partial charge in [0.1, 0.15) is 0 Å². The van der Waals surface area contributed by atoms with Crippen LogP contribution in [0, 0.1) is 6.92 Å². The summed E-state index contributed by atoms with van der Waals surface area (Å²) in [4.78, 5) is 25.9. The van der Waals surface area contributed by atoms with E-state index in [1.165, 1.54) is 6.92 Å². The first-order chi connectivity index (χ1) is 12.9. The lowest BCUT2D eigenvalue weighted by molar-refractivity contribution is -0.129. The Morgan fingerprint density at radius 1 is 1.19 bits per heavy atom. The molecule has 2 amide bonds. The van der Waals surface area contributed by atoms with E-state index in [9.17, 15) is 9.59 Å². The number of ether oxygens (including phenoxy) is 2. The van der Waals surface area contributed by atoms with Crippen LogP contribution in [-0.2, 0) is 16.1 Å². The Bertz CT molecular complexity index is 869. The zero-order valence-electron chi connectivity index (χ0n) is 15.3. The third-order valence-corrected chi connectivity index (χ3v) is 4.82. The van der Waals surface area contributed by atoms with Crippen LogP contribution in [-0.4, -0.2) is 30.1 Å². The first kappa shape index (κ1) is 19.0. The number of carbonyl (C=O) groups excluding carboxylic acids is 2. The minimum absolute atomic E-state index is 0.0978. The summed E-state index contributed by atoms with van der Waals surface area (Å²) >= 11 is 6.07. The van der Waals surface area contributed by atoms with Crippen molar-refractivity contribution in [1.82, 2.24) is 4.90 Å². The molecule has 7 heteroatoms. The second-order valence-electron chi connectivity index (χ2n) is 6.34. The Morgan fingerprint density at radius 3 is 2.74 bits per heavy atom. The van der Waals surface area contributed by atoms with Crippen molar-refractivity contribution in [2.24, 2.45) is 0 Å². The molecule has 0 aromatic heterocycles. The summed E-state index contributed by atoms with van der Waals surface area (Å²) in [5, 5.41) is 3.44. The molecule has 0 bridgehead atoms. The number of anilines is 1. The average molecular weight is 389 g/mol. The largest absolute Gasteiger partial charge is 0.454 e. The number of amides is 2. The average Bonchev–Trinajstić information content (AvgIpc) is 3.10. The van der Waals surface area contributed by atoms with Gasteiger partial charge in [-0.25, -0.2) is 0 Å². The number of hydrogen-bond donors (Lipinski definition) is 1. The zero-order chi connectivity index (χ0) is 19.4. The minimum atomic E-state index is -0.169. The van der Waals surface area contributed by atoms with E-state index in [4.69, 9.17) is 21.1 Å². The Morgan fingerprint density at radius 2 is 1.96 bits per heavy atom. The van der Waals surface area contributed by atoms with E-state index in [-0.39, 0.29) is 25.0 Å². The van der Waals surface area contributed by atoms with E-state index in [2.05, 4.69) is 5.32 Å². The van der Waals surface area contributed by atoms with Crippen molar-refractivity contribution < 1.29 is 19.1 Å². The summed E-state index contributed by atoms with van der Waals surface area (Å²) in [7, 11) is 0. The van der Waals surface area contributed by atoms with Gasteiger partial charge in [-0.2, -0.15) is 0 Å². The molecule has 2 aromatic carbocycles. The highest BCUT2D eigenvalue weighted by atomic mass is 35.5. The van der Waals surface area contributed by atoms with Gasteiger partial charge < -0.3 is 19.7 Å². The molecule has 142 valence electrons. The van der Waals surface area contributed by atoms with Crippen molar-refractivity contribution in [3.8, 4) is 11.5 Å². The molecule has 0 saturated carbocycles. The van der Waals surface area contributed by atoms with Gasteiger partial charge in [0, 0.05) is 37.1 Å². The zero-order valence-corrected chi connectivity index (χ0v) is 16.0. The lowest BCUT2D eigenvalue weighted by Gasteiger charge is -2.21. The van der Waals surface area contributed by atoms with Gasteiger partial charge in [0.05, 0.1) is 0 Å². The summed E-state index contributed by atoms with van der Waals surface area (Å²) in [6, 6.07) is 10.9. The van der Waals surface area contributed by atoms with E-state index < -0.39 is 0 Å². The van der Waals surface area contributed by atoms with Crippen LogP contribution in [0.5, 0.6) is 11.5 Å². The van der Waals surface area contributed by atoms with Gasteiger partial charge in [0.2, 0.25) is 18.6 Å². The molecule has 6 nitrogen and oxygen atoms in total. The van der Waals surface area contributed by atoms with Crippen LogP contribution in [0.25, 0.3) is 0 Å². The van der Waals surface area contributed by atoms with Crippen molar-refractivity contribution in [3.05, 3.63) is 52.5 Å². The molecule has 0 spiro atoms. The number of fused-ring (bicyclic) bond motifs is 1. The van der Waals surface area contributed by atoms with Crippen LogP contribution in [0.1, 0.15) is 24.5 Å². The van der Waals surface area contributed by atoms with Crippen LogP contribution in [0.3, 0.4) is 0 Å². The lowest BCUT2D eigenvalue weighted by atomic mass is 10.1. The number of benzene rings is 2. The number of rotatable bonds is 6. The highest BCUT2D eigenvalue weighted by molar-refractivity contribution is 6.31. The third-order valence-electron chi connectivity index (χ3n) is 4.41. The highest BCUT2D eigenvalue weighted by Crippen LogP contribution is 2.32. The maximum absolute atomic E-state index is 12.3. The fourth-order valence-electron chi connectivity index (χ4n) is 2.80. The molecule has 1 N–H and O–H groups in total. The Balaban J connectivity index is 1.59. The summed E-state index contributed by atoms with van der Waals surface area (Å²) in [5.41, 5.74) is 2.41. The van der Waals surface area contributed by atoms with Crippen LogP contribution in [0.4, 0.5) is 5.69 Å². The molecule has 27 heavy (non-hydrogen) atoms. The normalized spacial score (nSPS) is 12.0. The second-order valence-corrected chi connectivity index (χ2v) is 6.75. The van der Waals surface area contributed by atoms with Crippen molar-refractivity contribution in [3.63, 3.8) is 0 Å². The number of hydrogen-bond acceptors (Lipinski definition) is 4. The Hall–Kier alpha value is -2.73. The number of carbonyl (C=O) groups is 2. The van der Waals surface area contributed by atoms with Gasteiger partial charge in [-0.3, -0.25) is 9.59 Å². The molecule has 0 fully saturated rings. The topological polar surface area (TPSA) is 67.9 Å². The molecule has 0 aliphatic carbocycles. The fourth-order valence-corrected chi connectivity index (χ4v) is 2.97. The molecule has 1 aliphatic rings. The van der Waals surface area contributed by atoms with Gasteiger partial charge in [0.15, 0.2) is 11.5 Å². The third kappa shape index (κ3) is 4.71. The maximum atomic E-state index is 12.3. The molecule has 1 heterocycles. The Kier molecular flexibility index (Phi) is 5.86. The van der Waals surface area contributed by atoms with Gasteiger partial charge >= 0.3 is 0 Å².